The minimum absolute atomic E-state index is 0.0166. The van der Waals surface area contributed by atoms with Gasteiger partial charge in [0.15, 0.2) is 0 Å². The summed E-state index contributed by atoms with van der Waals surface area (Å²) in [5.41, 5.74) is 7.02. The van der Waals surface area contributed by atoms with Crippen LogP contribution in [0, 0.1) is 16.0 Å². The highest BCUT2D eigenvalue weighted by atomic mass is 16.6. The molecule has 1 aromatic rings. The summed E-state index contributed by atoms with van der Waals surface area (Å²) in [4.78, 5) is 12.7. The lowest BCUT2D eigenvalue weighted by Gasteiger charge is -2.31. The van der Waals surface area contributed by atoms with Gasteiger partial charge in [0.25, 0.3) is 5.69 Å². The molecule has 1 fully saturated rings. The van der Waals surface area contributed by atoms with Crippen molar-refractivity contribution in [2.45, 2.75) is 26.2 Å². The zero-order valence-corrected chi connectivity index (χ0v) is 12.5. The van der Waals surface area contributed by atoms with Gasteiger partial charge in [-0.2, -0.15) is 0 Å². The molecule has 21 heavy (non-hydrogen) atoms. The van der Waals surface area contributed by atoms with E-state index in [1.165, 1.54) is 18.9 Å². The number of hydrogen-bond acceptors (Lipinski definition) is 5. The van der Waals surface area contributed by atoms with Crippen LogP contribution in [0.3, 0.4) is 0 Å². The smallest absolute Gasteiger partial charge is 0.292 e. The first-order valence-electron chi connectivity index (χ1n) is 7.61. The molecule has 0 atom stereocenters. The molecule has 0 aromatic heterocycles. The van der Waals surface area contributed by atoms with Crippen molar-refractivity contribution in [3.8, 4) is 0 Å². The van der Waals surface area contributed by atoms with Crippen molar-refractivity contribution >= 4 is 17.1 Å². The monoisotopic (exact) mass is 292 g/mol. The summed E-state index contributed by atoms with van der Waals surface area (Å²) < 4.78 is 0. The molecule has 6 heteroatoms. The van der Waals surface area contributed by atoms with Gasteiger partial charge in [-0.05, 0) is 50.4 Å². The van der Waals surface area contributed by atoms with Crippen molar-refractivity contribution in [3.63, 3.8) is 0 Å². The Morgan fingerprint density at radius 3 is 2.71 bits per heavy atom. The highest BCUT2D eigenvalue weighted by molar-refractivity contribution is 5.66. The molecule has 1 aromatic carbocycles. The second-order valence-electron chi connectivity index (χ2n) is 5.64. The van der Waals surface area contributed by atoms with Crippen LogP contribution in [0.2, 0.25) is 0 Å². The zero-order valence-electron chi connectivity index (χ0n) is 12.5. The maximum atomic E-state index is 10.9. The second-order valence-corrected chi connectivity index (χ2v) is 5.64. The van der Waals surface area contributed by atoms with Gasteiger partial charge in [-0.3, -0.25) is 10.1 Å². The third-order valence-electron chi connectivity index (χ3n) is 4.00. The van der Waals surface area contributed by atoms with Gasteiger partial charge in [-0.15, -0.1) is 0 Å². The topological polar surface area (TPSA) is 84.4 Å². The molecule has 0 unspecified atom stereocenters. The molecule has 0 bridgehead atoms. The Morgan fingerprint density at radius 1 is 1.43 bits per heavy atom. The van der Waals surface area contributed by atoms with E-state index in [9.17, 15) is 10.1 Å². The lowest BCUT2D eigenvalue weighted by molar-refractivity contribution is -0.383. The minimum atomic E-state index is -0.434. The maximum Gasteiger partial charge on any atom is 0.292 e. The molecule has 1 saturated heterocycles. The molecular weight excluding hydrogens is 268 g/mol. The summed E-state index contributed by atoms with van der Waals surface area (Å²) in [7, 11) is 0. The van der Waals surface area contributed by atoms with Crippen LogP contribution in [-0.4, -0.2) is 31.1 Å². The van der Waals surface area contributed by atoms with Gasteiger partial charge in [0, 0.05) is 24.8 Å². The molecule has 0 amide bonds. The summed E-state index contributed by atoms with van der Waals surface area (Å²) in [6, 6.07) is 5.05. The number of nitrogen functional groups attached to an aromatic ring is 1. The van der Waals surface area contributed by atoms with Crippen LogP contribution in [0.4, 0.5) is 17.1 Å². The van der Waals surface area contributed by atoms with Crippen LogP contribution in [-0.2, 0) is 0 Å². The lowest BCUT2D eigenvalue weighted by atomic mass is 9.97. The highest BCUT2D eigenvalue weighted by Crippen LogP contribution is 2.28. The van der Waals surface area contributed by atoms with E-state index in [4.69, 9.17) is 5.73 Å². The predicted octanol–water partition coefficient (Wildman–Crippen LogP) is 2.39. The van der Waals surface area contributed by atoms with Crippen LogP contribution in [0.15, 0.2) is 18.2 Å². The Kier molecular flexibility index (Phi) is 5.38. The summed E-state index contributed by atoms with van der Waals surface area (Å²) >= 11 is 0. The lowest BCUT2D eigenvalue weighted by Crippen LogP contribution is -2.36. The van der Waals surface area contributed by atoms with E-state index in [0.717, 1.165) is 38.3 Å². The molecule has 0 radical (unpaired) electrons. The van der Waals surface area contributed by atoms with Crippen LogP contribution in [0.1, 0.15) is 26.2 Å². The molecule has 3 N–H and O–H groups in total. The molecule has 6 nitrogen and oxygen atoms in total. The van der Waals surface area contributed by atoms with Crippen molar-refractivity contribution in [3.05, 3.63) is 28.3 Å². The number of nitro benzene ring substituents is 1. The number of nitrogens with zero attached hydrogens (tertiary/aromatic N) is 2. The van der Waals surface area contributed by atoms with Crippen LogP contribution in [0.5, 0.6) is 0 Å². The van der Waals surface area contributed by atoms with E-state index in [0.29, 0.717) is 5.92 Å². The molecular formula is C15H24N4O2. The quantitative estimate of drug-likeness (QED) is 0.478. The van der Waals surface area contributed by atoms with Crippen molar-refractivity contribution in [1.82, 2.24) is 5.32 Å². The standard InChI is InChI=1S/C15H24N4O2/c1-2-9-18(11-12-5-7-17-8-6-12)13-3-4-15(19(20)21)14(16)10-13/h3-4,10,12,17H,2,5-9,11,16H2,1H3. The molecule has 116 valence electrons. The number of benzene rings is 1. The fourth-order valence-electron chi connectivity index (χ4n) is 2.88. The highest BCUT2D eigenvalue weighted by Gasteiger charge is 2.19. The van der Waals surface area contributed by atoms with Crippen LogP contribution >= 0.6 is 0 Å². The number of hydrogen-bond donors (Lipinski definition) is 2. The van der Waals surface area contributed by atoms with Gasteiger partial charge >= 0.3 is 0 Å². The number of nitro groups is 1. The number of anilines is 2. The first kappa shape index (κ1) is 15.6. The SMILES string of the molecule is CCCN(CC1CCNCC1)c1ccc([N+](=O)[O-])c(N)c1. The summed E-state index contributed by atoms with van der Waals surface area (Å²) in [6.07, 6.45) is 3.41. The maximum absolute atomic E-state index is 10.9. The third kappa shape index (κ3) is 4.07. The molecule has 0 spiro atoms. The first-order chi connectivity index (χ1) is 10.1. The molecule has 1 aliphatic rings. The Morgan fingerprint density at radius 2 is 2.14 bits per heavy atom. The van der Waals surface area contributed by atoms with Gasteiger partial charge in [-0.1, -0.05) is 6.92 Å². The van der Waals surface area contributed by atoms with Gasteiger partial charge in [-0.25, -0.2) is 0 Å². The Bertz CT molecular complexity index is 487. The van der Waals surface area contributed by atoms with Gasteiger partial charge in [0.2, 0.25) is 0 Å². The number of nitrogens with one attached hydrogen (secondary N) is 1. The van der Waals surface area contributed by atoms with Crippen molar-refractivity contribution in [2.75, 3.05) is 36.8 Å². The van der Waals surface area contributed by atoms with E-state index in [1.807, 2.05) is 6.07 Å². The van der Waals surface area contributed by atoms with Gasteiger partial charge in [0.05, 0.1) is 4.92 Å². The Labute approximate surface area is 125 Å². The average molecular weight is 292 g/mol. The summed E-state index contributed by atoms with van der Waals surface area (Å²) in [6.45, 7) is 6.23. The molecule has 1 aliphatic heterocycles. The van der Waals surface area contributed by atoms with Crippen molar-refractivity contribution in [2.24, 2.45) is 5.92 Å². The van der Waals surface area contributed by atoms with E-state index >= 15 is 0 Å². The Hall–Kier alpha value is -1.82. The van der Waals surface area contributed by atoms with Crippen molar-refractivity contribution < 1.29 is 4.92 Å². The largest absolute Gasteiger partial charge is 0.393 e. The fourth-order valence-corrected chi connectivity index (χ4v) is 2.88. The molecule has 0 saturated carbocycles. The first-order valence-corrected chi connectivity index (χ1v) is 7.61. The molecule has 1 heterocycles. The average Bonchev–Trinajstić information content (AvgIpc) is 2.47. The zero-order chi connectivity index (χ0) is 15.2. The fraction of sp³-hybridized carbons (Fsp3) is 0.600. The molecule has 2 rings (SSSR count). The van der Waals surface area contributed by atoms with Crippen LogP contribution < -0.4 is 16.0 Å². The van der Waals surface area contributed by atoms with E-state index in [1.54, 1.807) is 6.07 Å². The van der Waals surface area contributed by atoms with E-state index in [2.05, 4.69) is 17.1 Å². The number of piperidine rings is 1. The third-order valence-corrected chi connectivity index (χ3v) is 4.00. The predicted molar refractivity (Wildman–Crippen MR) is 85.6 cm³/mol. The second kappa shape index (κ2) is 7.26. The number of rotatable bonds is 6. The normalized spacial score (nSPS) is 15.9. The summed E-state index contributed by atoms with van der Waals surface area (Å²) in [5.74, 6) is 0.675. The molecule has 0 aliphatic carbocycles. The minimum Gasteiger partial charge on any atom is -0.393 e. The van der Waals surface area contributed by atoms with Gasteiger partial charge < -0.3 is 16.0 Å². The van der Waals surface area contributed by atoms with E-state index in [-0.39, 0.29) is 11.4 Å². The van der Waals surface area contributed by atoms with Crippen LogP contribution in [0.25, 0.3) is 0 Å². The van der Waals surface area contributed by atoms with E-state index < -0.39 is 4.92 Å². The van der Waals surface area contributed by atoms with Gasteiger partial charge in [0.1, 0.15) is 5.69 Å². The summed E-state index contributed by atoms with van der Waals surface area (Å²) in [5, 5.41) is 14.2. The number of nitrogens with two attached hydrogens (primary N) is 1. The van der Waals surface area contributed by atoms with Crippen molar-refractivity contribution in [1.29, 1.82) is 0 Å². The Balaban J connectivity index is 2.13.